The molecule has 19 heavy (non-hydrogen) atoms. The van der Waals surface area contributed by atoms with Crippen molar-refractivity contribution >= 4 is 12.0 Å². The lowest BCUT2D eigenvalue weighted by Crippen LogP contribution is -2.49. The lowest BCUT2D eigenvalue weighted by molar-refractivity contribution is -0.138. The van der Waals surface area contributed by atoms with Crippen LogP contribution in [0.1, 0.15) is 25.7 Å². The van der Waals surface area contributed by atoms with Crippen molar-refractivity contribution in [3.8, 4) is 0 Å². The number of hydrogen-bond acceptors (Lipinski definition) is 3. The number of urea groups is 1. The molecule has 0 aromatic carbocycles. The molecule has 0 bridgehead atoms. The van der Waals surface area contributed by atoms with Gasteiger partial charge in [0.1, 0.15) is 0 Å². The molecule has 1 heterocycles. The van der Waals surface area contributed by atoms with Crippen LogP contribution in [-0.2, 0) is 4.79 Å². The lowest BCUT2D eigenvalue weighted by Gasteiger charge is -2.37. The fourth-order valence-electron chi connectivity index (χ4n) is 2.66. The van der Waals surface area contributed by atoms with Crippen LogP contribution in [0.4, 0.5) is 4.79 Å². The van der Waals surface area contributed by atoms with E-state index in [9.17, 15) is 9.59 Å². The Kier molecular flexibility index (Phi) is 4.63. The lowest BCUT2D eigenvalue weighted by atomic mass is 9.92. The first-order valence-corrected chi connectivity index (χ1v) is 7.04. The van der Waals surface area contributed by atoms with E-state index in [4.69, 9.17) is 5.11 Å². The summed E-state index contributed by atoms with van der Waals surface area (Å²) in [5.74, 6) is -0.800. The van der Waals surface area contributed by atoms with Crippen molar-refractivity contribution in [2.75, 3.05) is 39.8 Å². The van der Waals surface area contributed by atoms with Gasteiger partial charge in [-0.3, -0.25) is 9.69 Å². The molecule has 1 N–H and O–H groups in total. The number of hydrogen-bond donors (Lipinski definition) is 1. The van der Waals surface area contributed by atoms with Crippen LogP contribution >= 0.6 is 0 Å². The Labute approximate surface area is 114 Å². The number of carbonyl (C=O) groups excluding carboxylic acids is 1. The van der Waals surface area contributed by atoms with Gasteiger partial charge in [-0.15, -0.1) is 0 Å². The van der Waals surface area contributed by atoms with Crippen molar-refractivity contribution in [1.29, 1.82) is 0 Å². The smallest absolute Gasteiger partial charge is 0.320 e. The maximum absolute atomic E-state index is 12.3. The molecule has 0 spiro atoms. The number of aliphatic carboxylic acids is 1. The van der Waals surface area contributed by atoms with E-state index in [0.29, 0.717) is 19.1 Å². The van der Waals surface area contributed by atoms with Crippen LogP contribution in [0.2, 0.25) is 0 Å². The van der Waals surface area contributed by atoms with Crippen molar-refractivity contribution in [2.45, 2.75) is 31.7 Å². The largest absolute Gasteiger partial charge is 0.480 e. The third-order valence-electron chi connectivity index (χ3n) is 4.14. The van der Waals surface area contributed by atoms with Crippen molar-refractivity contribution in [3.63, 3.8) is 0 Å². The van der Waals surface area contributed by atoms with Crippen molar-refractivity contribution in [1.82, 2.24) is 14.7 Å². The van der Waals surface area contributed by atoms with Gasteiger partial charge < -0.3 is 14.9 Å². The molecule has 2 amide bonds. The normalized spacial score (nSPS) is 21.6. The predicted octanol–water partition coefficient (Wildman–Crippen LogP) is 0.683. The molecule has 1 saturated heterocycles. The average molecular weight is 269 g/mol. The Morgan fingerprint density at radius 1 is 1.16 bits per heavy atom. The molecule has 1 aliphatic carbocycles. The molecule has 0 aromatic rings. The molecular weight excluding hydrogens is 246 g/mol. The zero-order chi connectivity index (χ0) is 13.8. The van der Waals surface area contributed by atoms with Gasteiger partial charge in [0.05, 0.1) is 6.54 Å². The molecule has 2 rings (SSSR count). The topological polar surface area (TPSA) is 64.1 Å². The van der Waals surface area contributed by atoms with Crippen LogP contribution < -0.4 is 0 Å². The summed E-state index contributed by atoms with van der Waals surface area (Å²) in [5, 5.41) is 8.80. The minimum Gasteiger partial charge on any atom is -0.480 e. The Bertz CT molecular complexity index is 344. The van der Waals surface area contributed by atoms with Gasteiger partial charge in [-0.1, -0.05) is 0 Å². The summed E-state index contributed by atoms with van der Waals surface area (Å²) >= 11 is 0. The SMILES string of the molecule is CN(C(=O)N1CCCN(CC(=O)O)CC1)C1CCC1. The molecule has 0 aromatic heterocycles. The second-order valence-electron chi connectivity index (χ2n) is 5.49. The van der Waals surface area contributed by atoms with Gasteiger partial charge in [0.25, 0.3) is 0 Å². The van der Waals surface area contributed by atoms with Gasteiger partial charge >= 0.3 is 12.0 Å². The van der Waals surface area contributed by atoms with E-state index in [1.54, 1.807) is 0 Å². The van der Waals surface area contributed by atoms with E-state index in [1.165, 1.54) is 6.42 Å². The van der Waals surface area contributed by atoms with Gasteiger partial charge in [-0.2, -0.15) is 0 Å². The fourth-order valence-corrected chi connectivity index (χ4v) is 2.66. The predicted molar refractivity (Wildman–Crippen MR) is 71.1 cm³/mol. The number of nitrogens with zero attached hydrogens (tertiary/aromatic N) is 3. The van der Waals surface area contributed by atoms with Crippen molar-refractivity contribution < 1.29 is 14.7 Å². The van der Waals surface area contributed by atoms with Crippen LogP contribution in [0.15, 0.2) is 0 Å². The highest BCUT2D eigenvalue weighted by atomic mass is 16.4. The van der Waals surface area contributed by atoms with Crippen molar-refractivity contribution in [3.05, 3.63) is 0 Å². The average Bonchev–Trinajstić information content (AvgIpc) is 2.50. The number of carboxylic acid groups (broad SMARTS) is 1. The standard InChI is InChI=1S/C13H23N3O3/c1-14(11-4-2-5-11)13(19)16-7-3-6-15(8-9-16)10-12(17)18/h11H,2-10H2,1H3,(H,17,18). The molecule has 1 saturated carbocycles. The summed E-state index contributed by atoms with van der Waals surface area (Å²) in [4.78, 5) is 28.7. The molecule has 108 valence electrons. The van der Waals surface area contributed by atoms with Gasteiger partial charge in [0.2, 0.25) is 0 Å². The van der Waals surface area contributed by atoms with E-state index < -0.39 is 5.97 Å². The Morgan fingerprint density at radius 2 is 1.89 bits per heavy atom. The molecule has 6 heteroatoms. The van der Waals surface area contributed by atoms with Gasteiger partial charge in [0, 0.05) is 39.3 Å². The number of carboxylic acids is 1. The highest BCUT2D eigenvalue weighted by Crippen LogP contribution is 2.24. The zero-order valence-electron chi connectivity index (χ0n) is 11.5. The number of amides is 2. The quantitative estimate of drug-likeness (QED) is 0.818. The Balaban J connectivity index is 1.84. The minimum absolute atomic E-state index is 0.0699. The van der Waals surface area contributed by atoms with Gasteiger partial charge in [-0.25, -0.2) is 4.79 Å². The second-order valence-corrected chi connectivity index (χ2v) is 5.49. The molecular formula is C13H23N3O3. The summed E-state index contributed by atoms with van der Waals surface area (Å²) in [6, 6.07) is 0.507. The van der Waals surface area contributed by atoms with Crippen molar-refractivity contribution in [2.24, 2.45) is 0 Å². The van der Waals surface area contributed by atoms with Crippen LogP contribution in [0.25, 0.3) is 0 Å². The highest BCUT2D eigenvalue weighted by Gasteiger charge is 2.29. The molecule has 2 fully saturated rings. The summed E-state index contributed by atoms with van der Waals surface area (Å²) < 4.78 is 0. The maximum atomic E-state index is 12.3. The van der Waals surface area contributed by atoms with E-state index in [0.717, 1.165) is 32.4 Å². The summed E-state index contributed by atoms with van der Waals surface area (Å²) in [6.07, 6.45) is 4.29. The first kappa shape index (κ1) is 14.1. The molecule has 0 atom stereocenters. The first-order valence-electron chi connectivity index (χ1n) is 7.04. The molecule has 0 unspecified atom stereocenters. The minimum atomic E-state index is -0.800. The summed E-state index contributed by atoms with van der Waals surface area (Å²) in [6.45, 7) is 2.83. The van der Waals surface area contributed by atoms with Crippen LogP contribution in [0.5, 0.6) is 0 Å². The highest BCUT2D eigenvalue weighted by molar-refractivity contribution is 5.74. The third-order valence-corrected chi connectivity index (χ3v) is 4.14. The monoisotopic (exact) mass is 269 g/mol. The second kappa shape index (κ2) is 6.23. The van der Waals surface area contributed by atoms with Gasteiger partial charge in [0.15, 0.2) is 0 Å². The van der Waals surface area contributed by atoms with E-state index in [-0.39, 0.29) is 12.6 Å². The molecule has 0 radical (unpaired) electrons. The van der Waals surface area contributed by atoms with Crippen LogP contribution in [0, 0.1) is 0 Å². The Morgan fingerprint density at radius 3 is 2.47 bits per heavy atom. The van der Waals surface area contributed by atoms with E-state index in [1.807, 2.05) is 21.7 Å². The van der Waals surface area contributed by atoms with E-state index >= 15 is 0 Å². The number of carbonyl (C=O) groups is 2. The van der Waals surface area contributed by atoms with Gasteiger partial charge in [-0.05, 0) is 25.7 Å². The van der Waals surface area contributed by atoms with E-state index in [2.05, 4.69) is 0 Å². The Hall–Kier alpha value is -1.30. The maximum Gasteiger partial charge on any atom is 0.320 e. The molecule has 2 aliphatic rings. The molecule has 6 nitrogen and oxygen atoms in total. The first-order chi connectivity index (χ1) is 9.08. The fraction of sp³-hybridized carbons (Fsp3) is 0.846. The molecule has 1 aliphatic heterocycles. The van der Waals surface area contributed by atoms with Crippen LogP contribution in [-0.4, -0.2) is 77.6 Å². The third kappa shape index (κ3) is 3.59. The van der Waals surface area contributed by atoms with Crippen LogP contribution in [0.3, 0.4) is 0 Å². The summed E-state index contributed by atoms with van der Waals surface area (Å²) in [5.41, 5.74) is 0. The zero-order valence-corrected chi connectivity index (χ0v) is 11.5. The summed E-state index contributed by atoms with van der Waals surface area (Å²) in [7, 11) is 1.88. The number of rotatable bonds is 3.